The van der Waals surface area contributed by atoms with Crippen LogP contribution >= 0.6 is 11.8 Å². The molecule has 0 aliphatic carbocycles. The van der Waals surface area contributed by atoms with Gasteiger partial charge in [0.1, 0.15) is 5.84 Å². The summed E-state index contributed by atoms with van der Waals surface area (Å²) >= 11 is 1.83. The Bertz CT molecular complexity index is 388. The number of rotatable bonds is 3. The number of benzene rings is 1. The maximum absolute atomic E-state index is 7.39. The van der Waals surface area contributed by atoms with Crippen molar-refractivity contribution in [3.8, 4) is 0 Å². The first-order valence-electron chi connectivity index (χ1n) is 4.86. The Morgan fingerprint density at radius 3 is 2.73 bits per heavy atom. The van der Waals surface area contributed by atoms with Crippen molar-refractivity contribution in [2.75, 3.05) is 13.2 Å². The fourth-order valence-electron chi connectivity index (χ4n) is 1.49. The van der Waals surface area contributed by atoms with Crippen LogP contribution in [0.25, 0.3) is 0 Å². The van der Waals surface area contributed by atoms with E-state index in [1.54, 1.807) is 0 Å². The third-order valence-electron chi connectivity index (χ3n) is 2.40. The summed E-state index contributed by atoms with van der Waals surface area (Å²) in [6.45, 7) is 3.68. The standard InChI is InChI=1S/C11H14N2OS/c1-7-4-8(15-9-5-14-6-9)2-3-10(7)11(12)13/h2-4,9H,5-6H2,1H3,(H3,12,13). The van der Waals surface area contributed by atoms with E-state index in [0.717, 1.165) is 24.3 Å². The smallest absolute Gasteiger partial charge is 0.123 e. The summed E-state index contributed by atoms with van der Waals surface area (Å²) in [5.74, 6) is 0.135. The van der Waals surface area contributed by atoms with E-state index in [-0.39, 0.29) is 5.84 Å². The molecule has 0 unspecified atom stereocenters. The van der Waals surface area contributed by atoms with Crippen molar-refractivity contribution < 1.29 is 4.74 Å². The minimum absolute atomic E-state index is 0.135. The highest BCUT2D eigenvalue weighted by atomic mass is 32.2. The first-order chi connectivity index (χ1) is 7.16. The van der Waals surface area contributed by atoms with Gasteiger partial charge in [-0.2, -0.15) is 0 Å². The summed E-state index contributed by atoms with van der Waals surface area (Å²) in [6, 6.07) is 6.02. The topological polar surface area (TPSA) is 59.1 Å². The molecular weight excluding hydrogens is 208 g/mol. The van der Waals surface area contributed by atoms with Crippen LogP contribution in [0, 0.1) is 12.3 Å². The van der Waals surface area contributed by atoms with Gasteiger partial charge in [0, 0.05) is 10.5 Å². The number of nitrogens with two attached hydrogens (primary N) is 1. The van der Waals surface area contributed by atoms with E-state index in [0.29, 0.717) is 5.25 Å². The molecule has 0 aromatic heterocycles. The van der Waals surface area contributed by atoms with Gasteiger partial charge >= 0.3 is 0 Å². The molecule has 1 aliphatic rings. The zero-order valence-electron chi connectivity index (χ0n) is 8.62. The minimum Gasteiger partial charge on any atom is -0.384 e. The molecule has 1 aliphatic heterocycles. The lowest BCUT2D eigenvalue weighted by atomic mass is 10.1. The van der Waals surface area contributed by atoms with E-state index < -0.39 is 0 Å². The third-order valence-corrected chi connectivity index (χ3v) is 3.53. The molecule has 1 heterocycles. The molecular formula is C11H14N2OS. The van der Waals surface area contributed by atoms with Crippen LogP contribution in [0.1, 0.15) is 11.1 Å². The van der Waals surface area contributed by atoms with Crippen molar-refractivity contribution in [3.63, 3.8) is 0 Å². The molecule has 0 atom stereocenters. The van der Waals surface area contributed by atoms with Crippen LogP contribution < -0.4 is 5.73 Å². The summed E-state index contributed by atoms with van der Waals surface area (Å²) < 4.78 is 5.12. The highest BCUT2D eigenvalue weighted by Crippen LogP contribution is 2.29. The second-order valence-electron chi connectivity index (χ2n) is 3.67. The lowest BCUT2D eigenvalue weighted by Gasteiger charge is -2.25. The molecule has 1 aromatic rings. The molecule has 3 nitrogen and oxygen atoms in total. The molecule has 0 amide bonds. The largest absolute Gasteiger partial charge is 0.384 e. The summed E-state index contributed by atoms with van der Waals surface area (Å²) in [6.07, 6.45) is 0. The van der Waals surface area contributed by atoms with Crippen molar-refractivity contribution in [1.82, 2.24) is 0 Å². The molecule has 4 heteroatoms. The van der Waals surface area contributed by atoms with Gasteiger partial charge in [0.05, 0.1) is 18.5 Å². The van der Waals surface area contributed by atoms with Crippen molar-refractivity contribution in [3.05, 3.63) is 29.3 Å². The molecule has 3 N–H and O–H groups in total. The number of amidine groups is 1. The van der Waals surface area contributed by atoms with Gasteiger partial charge in [-0.15, -0.1) is 11.8 Å². The Morgan fingerprint density at radius 2 is 2.27 bits per heavy atom. The number of hydrogen-bond donors (Lipinski definition) is 2. The lowest BCUT2D eigenvalue weighted by Crippen LogP contribution is -2.30. The number of nitrogen functional groups attached to an aromatic ring is 1. The Morgan fingerprint density at radius 1 is 1.53 bits per heavy atom. The van der Waals surface area contributed by atoms with Gasteiger partial charge in [-0.1, -0.05) is 0 Å². The van der Waals surface area contributed by atoms with Crippen molar-refractivity contribution in [2.24, 2.45) is 5.73 Å². The summed E-state index contributed by atoms with van der Waals surface area (Å²) in [4.78, 5) is 1.23. The fourth-order valence-corrected chi connectivity index (χ4v) is 2.59. The summed E-state index contributed by atoms with van der Waals surface area (Å²) in [5.41, 5.74) is 7.35. The monoisotopic (exact) mass is 222 g/mol. The van der Waals surface area contributed by atoms with Crippen LogP contribution in [-0.4, -0.2) is 24.3 Å². The number of aryl methyl sites for hydroxylation is 1. The van der Waals surface area contributed by atoms with Crippen LogP contribution in [0.3, 0.4) is 0 Å². The van der Waals surface area contributed by atoms with Crippen LogP contribution in [0.4, 0.5) is 0 Å². The number of thioether (sulfide) groups is 1. The zero-order chi connectivity index (χ0) is 10.8. The van der Waals surface area contributed by atoms with Crippen LogP contribution in [0.5, 0.6) is 0 Å². The van der Waals surface area contributed by atoms with E-state index in [1.165, 1.54) is 4.90 Å². The molecule has 80 valence electrons. The minimum atomic E-state index is 0.135. The van der Waals surface area contributed by atoms with Gasteiger partial charge in [0.15, 0.2) is 0 Å². The van der Waals surface area contributed by atoms with Crippen LogP contribution in [0.2, 0.25) is 0 Å². The molecule has 0 spiro atoms. The molecule has 0 bridgehead atoms. The second kappa shape index (κ2) is 4.24. The first kappa shape index (κ1) is 10.5. The van der Waals surface area contributed by atoms with E-state index >= 15 is 0 Å². The Hall–Kier alpha value is -1.00. The maximum atomic E-state index is 7.39. The summed E-state index contributed by atoms with van der Waals surface area (Å²) in [7, 11) is 0. The van der Waals surface area contributed by atoms with Crippen molar-refractivity contribution >= 4 is 17.6 Å². The number of hydrogen-bond acceptors (Lipinski definition) is 3. The highest BCUT2D eigenvalue weighted by Gasteiger charge is 2.19. The molecule has 0 saturated carbocycles. The van der Waals surface area contributed by atoms with Gasteiger partial charge in [-0.05, 0) is 30.7 Å². The van der Waals surface area contributed by atoms with Gasteiger partial charge in [-0.25, -0.2) is 0 Å². The number of ether oxygens (including phenoxy) is 1. The maximum Gasteiger partial charge on any atom is 0.123 e. The van der Waals surface area contributed by atoms with Gasteiger partial charge in [0.2, 0.25) is 0 Å². The molecule has 15 heavy (non-hydrogen) atoms. The van der Waals surface area contributed by atoms with Gasteiger partial charge in [0.25, 0.3) is 0 Å². The highest BCUT2D eigenvalue weighted by molar-refractivity contribution is 8.00. The Balaban J connectivity index is 2.13. The quantitative estimate of drug-likeness (QED) is 0.605. The SMILES string of the molecule is Cc1cc(SC2COC2)ccc1C(=N)N. The zero-order valence-corrected chi connectivity index (χ0v) is 9.43. The van der Waals surface area contributed by atoms with Crippen LogP contribution in [0.15, 0.2) is 23.1 Å². The summed E-state index contributed by atoms with van der Waals surface area (Å²) in [5, 5.41) is 7.98. The fraction of sp³-hybridized carbons (Fsp3) is 0.364. The van der Waals surface area contributed by atoms with Crippen molar-refractivity contribution in [2.45, 2.75) is 17.1 Å². The molecule has 1 fully saturated rings. The average molecular weight is 222 g/mol. The molecule has 0 radical (unpaired) electrons. The first-order valence-corrected chi connectivity index (χ1v) is 5.74. The Kier molecular flexibility index (Phi) is 2.98. The average Bonchev–Trinajstić information content (AvgIpc) is 2.11. The van der Waals surface area contributed by atoms with E-state index in [9.17, 15) is 0 Å². The van der Waals surface area contributed by atoms with Gasteiger partial charge in [-0.3, -0.25) is 5.41 Å². The van der Waals surface area contributed by atoms with E-state index in [2.05, 4.69) is 6.07 Å². The lowest BCUT2D eigenvalue weighted by molar-refractivity contribution is 0.0455. The third kappa shape index (κ3) is 2.33. The van der Waals surface area contributed by atoms with E-state index in [1.807, 2.05) is 30.8 Å². The van der Waals surface area contributed by atoms with Gasteiger partial charge < -0.3 is 10.5 Å². The molecule has 1 saturated heterocycles. The predicted molar refractivity (Wildman–Crippen MR) is 62.7 cm³/mol. The van der Waals surface area contributed by atoms with Crippen LogP contribution in [-0.2, 0) is 4.74 Å². The molecule has 2 rings (SSSR count). The second-order valence-corrected chi connectivity index (χ2v) is 5.04. The molecule has 1 aromatic carbocycles. The predicted octanol–water partition coefficient (Wildman–Crippen LogP) is 1.77. The normalized spacial score (nSPS) is 16.1. The Labute approximate surface area is 93.5 Å². The van der Waals surface area contributed by atoms with E-state index in [4.69, 9.17) is 15.9 Å². The van der Waals surface area contributed by atoms with Crippen molar-refractivity contribution in [1.29, 1.82) is 5.41 Å². The number of nitrogens with one attached hydrogen (secondary N) is 1.